The van der Waals surface area contributed by atoms with Crippen LogP contribution < -0.4 is 25.0 Å². The first-order chi connectivity index (χ1) is 13.2. The van der Waals surface area contributed by atoms with Crippen molar-refractivity contribution >= 4 is 27.0 Å². The Labute approximate surface area is 162 Å². The zero-order valence-electron chi connectivity index (χ0n) is 14.2. The summed E-state index contributed by atoms with van der Waals surface area (Å²) < 4.78 is 76.9. The second-order valence-corrected chi connectivity index (χ2v) is 9.32. The fourth-order valence-electron chi connectivity index (χ4n) is 2.94. The number of sulfonamides is 1. The van der Waals surface area contributed by atoms with Crippen LogP contribution in [-0.4, -0.2) is 33.8 Å². The molecule has 2 aromatic rings. The molecule has 2 aliphatic heterocycles. The van der Waals surface area contributed by atoms with Crippen molar-refractivity contribution in [3.05, 3.63) is 35.2 Å². The summed E-state index contributed by atoms with van der Waals surface area (Å²) >= 11 is 0.922. The van der Waals surface area contributed by atoms with Gasteiger partial charge in [0.2, 0.25) is 0 Å². The molecule has 0 saturated carbocycles. The summed E-state index contributed by atoms with van der Waals surface area (Å²) in [6.45, 7) is 0.800. The quantitative estimate of drug-likeness (QED) is 0.685. The minimum atomic E-state index is -4.37. The van der Waals surface area contributed by atoms with Crippen LogP contribution >= 0.6 is 11.3 Å². The van der Waals surface area contributed by atoms with Crippen LogP contribution in [0.2, 0.25) is 0 Å². The largest absolute Gasteiger partial charge is 0.486 e. The second kappa shape index (κ2) is 7.10. The number of hydrogen-bond donors (Lipinski definition) is 3. The number of fused-ring (bicyclic) bond motifs is 1. The third-order valence-corrected chi connectivity index (χ3v) is 7.38. The molecule has 1 aromatic carbocycles. The monoisotopic (exact) mass is 435 g/mol. The average molecular weight is 435 g/mol. The Morgan fingerprint density at radius 3 is 2.54 bits per heavy atom. The summed E-state index contributed by atoms with van der Waals surface area (Å²) in [5, 5.41) is 0. The summed E-state index contributed by atoms with van der Waals surface area (Å²) in [6.07, 6.45) is -4.58. The lowest BCUT2D eigenvalue weighted by molar-refractivity contribution is -0.153. The summed E-state index contributed by atoms with van der Waals surface area (Å²) in [5.41, 5.74) is 5.08. The molecule has 28 heavy (non-hydrogen) atoms. The number of nitrogens with one attached hydrogen (secondary N) is 3. The van der Waals surface area contributed by atoms with Gasteiger partial charge in [-0.1, -0.05) is 0 Å². The maximum absolute atomic E-state index is 12.8. The Balaban J connectivity index is 1.49. The zero-order valence-corrected chi connectivity index (χ0v) is 15.9. The van der Waals surface area contributed by atoms with Crippen molar-refractivity contribution in [2.24, 2.45) is 0 Å². The number of ether oxygens (including phenoxy) is 2. The molecular weight excluding hydrogens is 419 g/mol. The third kappa shape index (κ3) is 3.90. The van der Waals surface area contributed by atoms with Crippen molar-refractivity contribution in [3.63, 3.8) is 0 Å². The molecule has 0 bridgehead atoms. The molecule has 4 rings (SSSR count). The Morgan fingerprint density at radius 1 is 1.07 bits per heavy atom. The highest BCUT2D eigenvalue weighted by atomic mass is 32.2. The van der Waals surface area contributed by atoms with E-state index in [0.717, 1.165) is 11.3 Å². The molecule has 0 spiro atoms. The van der Waals surface area contributed by atoms with Crippen LogP contribution in [0.25, 0.3) is 0 Å². The lowest BCUT2D eigenvalue weighted by atomic mass is 10.1. The lowest BCUT2D eigenvalue weighted by Crippen LogP contribution is -2.40. The number of rotatable bonds is 4. The molecular formula is C16H16F3N3O4S2. The Kier molecular flexibility index (Phi) is 4.89. The lowest BCUT2D eigenvalue weighted by Gasteiger charge is -2.19. The highest BCUT2D eigenvalue weighted by Gasteiger charge is 2.44. The number of halogens is 3. The van der Waals surface area contributed by atoms with E-state index in [1.54, 1.807) is 12.1 Å². The van der Waals surface area contributed by atoms with E-state index < -0.39 is 28.3 Å². The van der Waals surface area contributed by atoms with Crippen LogP contribution in [0.15, 0.2) is 34.5 Å². The summed E-state index contributed by atoms with van der Waals surface area (Å²) in [6, 6.07) is 5.29. The van der Waals surface area contributed by atoms with Crippen LogP contribution in [0, 0.1) is 0 Å². The smallest absolute Gasteiger partial charge is 0.405 e. The van der Waals surface area contributed by atoms with Gasteiger partial charge in [-0.2, -0.15) is 13.2 Å². The van der Waals surface area contributed by atoms with Gasteiger partial charge in [0, 0.05) is 10.9 Å². The van der Waals surface area contributed by atoms with E-state index >= 15 is 0 Å². The molecule has 3 heterocycles. The minimum absolute atomic E-state index is 0.00893. The molecule has 152 valence electrons. The van der Waals surface area contributed by atoms with Crippen LogP contribution in [0.5, 0.6) is 11.5 Å². The first kappa shape index (κ1) is 19.3. The molecule has 0 radical (unpaired) electrons. The highest BCUT2D eigenvalue weighted by molar-refractivity contribution is 7.94. The number of alkyl halides is 3. The molecule has 2 aliphatic rings. The van der Waals surface area contributed by atoms with Gasteiger partial charge in [-0.05, 0) is 30.7 Å². The first-order valence-corrected chi connectivity index (χ1v) is 10.6. The van der Waals surface area contributed by atoms with Gasteiger partial charge in [0.25, 0.3) is 10.0 Å². The fourth-order valence-corrected chi connectivity index (χ4v) is 5.38. The summed E-state index contributed by atoms with van der Waals surface area (Å²) in [4.78, 5) is 0.502. The normalized spacial score (nSPS) is 22.2. The van der Waals surface area contributed by atoms with Crippen molar-refractivity contribution in [3.8, 4) is 11.5 Å². The molecule has 0 amide bonds. The number of benzene rings is 1. The van der Waals surface area contributed by atoms with Crippen LogP contribution in [0.3, 0.4) is 0 Å². The number of thiophene rings is 1. The van der Waals surface area contributed by atoms with Gasteiger partial charge >= 0.3 is 6.18 Å². The van der Waals surface area contributed by atoms with E-state index in [9.17, 15) is 21.6 Å². The predicted octanol–water partition coefficient (Wildman–Crippen LogP) is 2.79. The van der Waals surface area contributed by atoms with Crippen molar-refractivity contribution in [1.82, 2.24) is 10.9 Å². The topological polar surface area (TPSA) is 88.7 Å². The van der Waals surface area contributed by atoms with Gasteiger partial charge in [-0.25, -0.2) is 19.3 Å². The second-order valence-electron chi connectivity index (χ2n) is 6.29. The summed E-state index contributed by atoms with van der Waals surface area (Å²) in [5.74, 6) is 0.976. The zero-order chi connectivity index (χ0) is 19.9. The predicted molar refractivity (Wildman–Crippen MR) is 96.0 cm³/mol. The molecule has 2 unspecified atom stereocenters. The Morgan fingerprint density at radius 2 is 1.82 bits per heavy atom. The van der Waals surface area contributed by atoms with Crippen molar-refractivity contribution in [2.45, 2.75) is 28.9 Å². The van der Waals surface area contributed by atoms with E-state index in [2.05, 4.69) is 15.6 Å². The SMILES string of the molecule is O=S(=O)(Nc1ccc2c(c1)OCCO2)c1ccc(C2CC(C(F)(F)F)NN2)s1. The van der Waals surface area contributed by atoms with Gasteiger partial charge < -0.3 is 9.47 Å². The molecule has 12 heteroatoms. The molecule has 1 fully saturated rings. The van der Waals surface area contributed by atoms with Gasteiger partial charge in [0.05, 0.1) is 11.7 Å². The van der Waals surface area contributed by atoms with Crippen molar-refractivity contribution in [2.75, 3.05) is 17.9 Å². The van der Waals surface area contributed by atoms with Crippen LogP contribution in [-0.2, 0) is 10.0 Å². The third-order valence-electron chi connectivity index (χ3n) is 4.30. The van der Waals surface area contributed by atoms with Gasteiger partial charge in [-0.15, -0.1) is 11.3 Å². The molecule has 2 atom stereocenters. The number of hydrogen-bond acceptors (Lipinski definition) is 7. The average Bonchev–Trinajstić information content (AvgIpc) is 3.30. The Hall–Kier alpha value is -2.02. The standard InChI is InChI=1S/C16H16F3N3O4S2/c17-16(18,19)14-8-10(20-21-14)13-3-4-15(27-13)28(23,24)22-9-1-2-11-12(7-9)26-6-5-25-11/h1-4,7,10,14,20-22H,5-6,8H2. The Bertz CT molecular complexity index is 978. The number of anilines is 1. The van der Waals surface area contributed by atoms with E-state index in [1.165, 1.54) is 18.2 Å². The maximum atomic E-state index is 12.8. The van der Waals surface area contributed by atoms with Crippen molar-refractivity contribution in [1.29, 1.82) is 0 Å². The molecule has 0 aliphatic carbocycles. The van der Waals surface area contributed by atoms with Crippen LogP contribution in [0.4, 0.5) is 18.9 Å². The molecule has 1 aromatic heterocycles. The highest BCUT2D eigenvalue weighted by Crippen LogP contribution is 2.37. The van der Waals surface area contributed by atoms with Gasteiger partial charge in [0.1, 0.15) is 23.5 Å². The van der Waals surface area contributed by atoms with Crippen molar-refractivity contribution < 1.29 is 31.1 Å². The van der Waals surface area contributed by atoms with E-state index in [0.29, 0.717) is 35.3 Å². The summed E-state index contributed by atoms with van der Waals surface area (Å²) in [7, 11) is -3.89. The van der Waals surface area contributed by atoms with E-state index in [1.807, 2.05) is 0 Å². The molecule has 7 nitrogen and oxygen atoms in total. The van der Waals surface area contributed by atoms with Gasteiger partial charge in [-0.3, -0.25) is 4.72 Å². The molecule has 1 saturated heterocycles. The fraction of sp³-hybridized carbons (Fsp3) is 0.375. The first-order valence-electron chi connectivity index (χ1n) is 8.32. The van der Waals surface area contributed by atoms with Gasteiger partial charge in [0.15, 0.2) is 11.5 Å². The maximum Gasteiger partial charge on any atom is 0.405 e. The van der Waals surface area contributed by atoms with E-state index in [4.69, 9.17) is 9.47 Å². The number of hydrazine groups is 1. The minimum Gasteiger partial charge on any atom is -0.486 e. The van der Waals surface area contributed by atoms with E-state index in [-0.39, 0.29) is 10.6 Å². The van der Waals surface area contributed by atoms with Crippen LogP contribution in [0.1, 0.15) is 17.3 Å². The molecule has 3 N–H and O–H groups in total.